The molecule has 1 saturated heterocycles. The molecule has 1 aliphatic rings. The van der Waals surface area contributed by atoms with Crippen LogP contribution in [0, 0.1) is 0 Å². The van der Waals surface area contributed by atoms with Gasteiger partial charge in [-0.2, -0.15) is 5.10 Å². The first-order chi connectivity index (χ1) is 10.0. The molecular formula is C13H18N4O2S2. The summed E-state index contributed by atoms with van der Waals surface area (Å²) >= 11 is 1.60. The van der Waals surface area contributed by atoms with Crippen LogP contribution in [0.4, 0.5) is 0 Å². The summed E-state index contributed by atoms with van der Waals surface area (Å²) < 4.78 is 23.6. The quantitative estimate of drug-likeness (QED) is 0.924. The van der Waals surface area contributed by atoms with Gasteiger partial charge in [-0.1, -0.05) is 0 Å². The fourth-order valence-electron chi connectivity index (χ4n) is 2.85. The number of nitrogens with zero attached hydrogens (tertiary/aromatic N) is 3. The minimum Gasteiger partial charge on any atom is -0.297 e. The average Bonchev–Trinajstić information content (AvgIpc) is 3.08. The van der Waals surface area contributed by atoms with E-state index in [4.69, 9.17) is 0 Å². The van der Waals surface area contributed by atoms with Gasteiger partial charge in [0.1, 0.15) is 4.90 Å². The average molecular weight is 326 g/mol. The van der Waals surface area contributed by atoms with Gasteiger partial charge in [-0.25, -0.2) is 13.4 Å². The topological polar surface area (TPSA) is 79.0 Å². The predicted octanol–water partition coefficient (Wildman–Crippen LogP) is 1.65. The number of sulfone groups is 1. The Morgan fingerprint density at radius 1 is 1.52 bits per heavy atom. The first kappa shape index (κ1) is 14.7. The lowest BCUT2D eigenvalue weighted by Crippen LogP contribution is -2.34. The van der Waals surface area contributed by atoms with Crippen molar-refractivity contribution in [2.24, 2.45) is 0 Å². The Labute approximate surface area is 128 Å². The monoisotopic (exact) mass is 326 g/mol. The summed E-state index contributed by atoms with van der Waals surface area (Å²) in [6.07, 6.45) is 4.69. The van der Waals surface area contributed by atoms with Crippen molar-refractivity contribution in [3.63, 3.8) is 0 Å². The van der Waals surface area contributed by atoms with Gasteiger partial charge < -0.3 is 0 Å². The summed E-state index contributed by atoms with van der Waals surface area (Å²) in [5.41, 5.74) is 3.67. The van der Waals surface area contributed by atoms with Crippen LogP contribution in [0.25, 0.3) is 0 Å². The Morgan fingerprint density at radius 3 is 3.10 bits per heavy atom. The number of aromatic nitrogens is 3. The number of rotatable bonds is 4. The van der Waals surface area contributed by atoms with Crippen molar-refractivity contribution in [3.05, 3.63) is 28.5 Å². The number of aromatic amines is 1. The van der Waals surface area contributed by atoms with Gasteiger partial charge in [-0.05, 0) is 19.4 Å². The highest BCUT2D eigenvalue weighted by molar-refractivity contribution is 7.90. The highest BCUT2D eigenvalue weighted by Crippen LogP contribution is 2.30. The first-order valence-corrected chi connectivity index (χ1v) is 9.70. The molecule has 6 nitrogen and oxygen atoms in total. The maximum Gasteiger partial charge on any atom is 0.178 e. The molecule has 1 atom stereocenters. The highest BCUT2D eigenvalue weighted by Gasteiger charge is 2.27. The molecule has 2 aromatic heterocycles. The third-order valence-electron chi connectivity index (χ3n) is 3.81. The number of H-pyrrole nitrogens is 1. The molecule has 0 bridgehead atoms. The molecule has 1 N–H and O–H groups in total. The molecule has 8 heteroatoms. The minimum atomic E-state index is -3.23. The van der Waals surface area contributed by atoms with Crippen molar-refractivity contribution in [1.29, 1.82) is 0 Å². The van der Waals surface area contributed by atoms with E-state index in [0.29, 0.717) is 4.90 Å². The van der Waals surface area contributed by atoms with Crippen molar-refractivity contribution in [2.75, 3.05) is 19.3 Å². The fourth-order valence-corrected chi connectivity index (χ4v) is 4.26. The summed E-state index contributed by atoms with van der Waals surface area (Å²) in [6.45, 7) is 2.68. The summed E-state index contributed by atoms with van der Waals surface area (Å²) in [6, 6.07) is 0. The van der Waals surface area contributed by atoms with Crippen LogP contribution in [0.2, 0.25) is 0 Å². The van der Waals surface area contributed by atoms with Crippen LogP contribution >= 0.6 is 11.3 Å². The standard InChI is InChI=1S/C13H18N4O2S2/c1-21(18,19)12-5-15-16-13(12)10-3-2-4-17(6-10)7-11-8-20-9-14-11/h5,8-10H,2-4,6-7H2,1H3,(H,15,16)/t10-/m0/s1. The van der Waals surface area contributed by atoms with E-state index >= 15 is 0 Å². The zero-order chi connectivity index (χ0) is 14.9. The molecule has 0 spiro atoms. The molecule has 0 radical (unpaired) electrons. The first-order valence-electron chi connectivity index (χ1n) is 6.87. The molecule has 0 saturated carbocycles. The molecule has 0 aromatic carbocycles. The highest BCUT2D eigenvalue weighted by atomic mass is 32.2. The molecule has 21 heavy (non-hydrogen) atoms. The number of likely N-dealkylation sites (tertiary alicyclic amines) is 1. The van der Waals surface area contributed by atoms with Crippen molar-refractivity contribution in [1.82, 2.24) is 20.1 Å². The lowest BCUT2D eigenvalue weighted by atomic mass is 9.95. The van der Waals surface area contributed by atoms with Crippen molar-refractivity contribution >= 4 is 21.2 Å². The zero-order valence-electron chi connectivity index (χ0n) is 11.8. The van der Waals surface area contributed by atoms with Gasteiger partial charge in [0.2, 0.25) is 0 Å². The van der Waals surface area contributed by atoms with Gasteiger partial charge in [0, 0.05) is 30.6 Å². The third-order valence-corrected chi connectivity index (χ3v) is 5.57. The van der Waals surface area contributed by atoms with E-state index in [-0.39, 0.29) is 5.92 Å². The molecule has 0 unspecified atom stereocenters. The maximum absolute atomic E-state index is 11.8. The second-order valence-corrected chi connectivity index (χ2v) is 8.18. The van der Waals surface area contributed by atoms with E-state index < -0.39 is 9.84 Å². The van der Waals surface area contributed by atoms with E-state index in [1.165, 1.54) is 12.5 Å². The summed E-state index contributed by atoms with van der Waals surface area (Å²) in [5.74, 6) is 0.185. The molecular weight excluding hydrogens is 308 g/mol. The van der Waals surface area contributed by atoms with Crippen LogP contribution in [0.5, 0.6) is 0 Å². The molecule has 1 fully saturated rings. The second kappa shape index (κ2) is 5.86. The molecule has 0 amide bonds. The lowest BCUT2D eigenvalue weighted by molar-refractivity contribution is 0.195. The molecule has 3 heterocycles. The third kappa shape index (κ3) is 3.33. The Bertz CT molecular complexity index is 694. The van der Waals surface area contributed by atoms with Crippen LogP contribution in [0.3, 0.4) is 0 Å². The summed E-state index contributed by atoms with van der Waals surface area (Å²) in [7, 11) is -3.23. The van der Waals surface area contributed by atoms with E-state index in [2.05, 4.69) is 25.5 Å². The van der Waals surface area contributed by atoms with Crippen LogP contribution in [0.1, 0.15) is 30.1 Å². The number of nitrogens with one attached hydrogen (secondary N) is 1. The number of thiazole rings is 1. The van der Waals surface area contributed by atoms with Gasteiger partial charge in [0.05, 0.1) is 23.1 Å². The Hall–Kier alpha value is -1.25. The van der Waals surface area contributed by atoms with E-state index in [1.54, 1.807) is 11.3 Å². The van der Waals surface area contributed by atoms with Crippen LogP contribution in [-0.4, -0.2) is 47.8 Å². The fraction of sp³-hybridized carbons (Fsp3) is 0.538. The Balaban J connectivity index is 1.76. The number of hydrogen-bond donors (Lipinski definition) is 1. The van der Waals surface area contributed by atoms with Gasteiger partial charge in [0.25, 0.3) is 0 Å². The van der Waals surface area contributed by atoms with E-state index in [0.717, 1.165) is 43.9 Å². The Kier molecular flexibility index (Phi) is 4.10. The largest absolute Gasteiger partial charge is 0.297 e. The summed E-state index contributed by atoms with van der Waals surface area (Å²) in [5, 5.41) is 8.88. The second-order valence-electron chi connectivity index (χ2n) is 5.47. The Morgan fingerprint density at radius 2 is 2.38 bits per heavy atom. The van der Waals surface area contributed by atoms with E-state index in [9.17, 15) is 8.42 Å². The van der Waals surface area contributed by atoms with Crippen molar-refractivity contribution in [3.8, 4) is 0 Å². The number of piperidine rings is 1. The molecule has 114 valence electrons. The van der Waals surface area contributed by atoms with Gasteiger partial charge in [-0.15, -0.1) is 11.3 Å². The lowest BCUT2D eigenvalue weighted by Gasteiger charge is -2.32. The zero-order valence-corrected chi connectivity index (χ0v) is 13.5. The van der Waals surface area contributed by atoms with Crippen LogP contribution < -0.4 is 0 Å². The smallest absolute Gasteiger partial charge is 0.178 e. The summed E-state index contributed by atoms with van der Waals surface area (Å²) in [4.78, 5) is 6.98. The van der Waals surface area contributed by atoms with E-state index in [1.807, 2.05) is 5.51 Å². The van der Waals surface area contributed by atoms with Crippen LogP contribution in [0.15, 0.2) is 22.0 Å². The van der Waals surface area contributed by atoms with Gasteiger partial charge in [-0.3, -0.25) is 10.00 Å². The minimum absolute atomic E-state index is 0.185. The van der Waals surface area contributed by atoms with Gasteiger partial charge in [0.15, 0.2) is 9.84 Å². The molecule has 1 aliphatic heterocycles. The maximum atomic E-state index is 11.8. The molecule has 3 rings (SSSR count). The van der Waals surface area contributed by atoms with Crippen LogP contribution in [-0.2, 0) is 16.4 Å². The molecule has 2 aromatic rings. The normalized spacial score (nSPS) is 20.7. The SMILES string of the molecule is CS(=O)(=O)c1cn[nH]c1[C@H]1CCCN(Cc2cscn2)C1. The van der Waals surface area contributed by atoms with Crippen molar-refractivity contribution < 1.29 is 8.42 Å². The van der Waals surface area contributed by atoms with Gasteiger partial charge >= 0.3 is 0 Å². The molecule has 0 aliphatic carbocycles. The number of hydrogen-bond acceptors (Lipinski definition) is 6. The predicted molar refractivity (Wildman–Crippen MR) is 81.1 cm³/mol. The van der Waals surface area contributed by atoms with Crippen molar-refractivity contribution in [2.45, 2.75) is 30.2 Å².